The maximum absolute atomic E-state index is 5.48. The molecule has 0 bridgehead atoms. The molecule has 68 valence electrons. The van der Waals surface area contributed by atoms with Crippen molar-refractivity contribution in [1.82, 2.24) is 0 Å². The number of ether oxygens (including phenoxy) is 2. The monoisotopic (exact) mass is 168 g/mol. The Kier molecular flexibility index (Phi) is 2.47. The third-order valence-corrected chi connectivity index (χ3v) is 2.90. The van der Waals surface area contributed by atoms with Crippen LogP contribution in [0.15, 0.2) is 12.7 Å². The van der Waals surface area contributed by atoms with E-state index in [1.54, 1.807) is 0 Å². The highest BCUT2D eigenvalue weighted by Gasteiger charge is 2.35. The SMILES string of the molecule is C=CCC1CCC2OCOC2C1. The average Bonchev–Trinajstić information content (AvgIpc) is 2.51. The fourth-order valence-corrected chi connectivity index (χ4v) is 2.21. The van der Waals surface area contributed by atoms with E-state index < -0.39 is 0 Å². The predicted molar refractivity (Wildman–Crippen MR) is 46.8 cm³/mol. The molecule has 0 amide bonds. The number of hydrogen-bond acceptors (Lipinski definition) is 2. The van der Waals surface area contributed by atoms with E-state index in [2.05, 4.69) is 6.58 Å². The molecule has 0 aromatic carbocycles. The Labute approximate surface area is 73.5 Å². The molecular formula is C10H16O2. The third kappa shape index (κ3) is 1.54. The van der Waals surface area contributed by atoms with Crippen molar-refractivity contribution < 1.29 is 9.47 Å². The normalized spacial score (nSPS) is 40.8. The molecule has 1 aliphatic carbocycles. The lowest BCUT2D eigenvalue weighted by Gasteiger charge is -2.28. The van der Waals surface area contributed by atoms with Crippen LogP contribution in [0.2, 0.25) is 0 Å². The van der Waals surface area contributed by atoms with Gasteiger partial charge in [-0.3, -0.25) is 0 Å². The highest BCUT2D eigenvalue weighted by Crippen LogP contribution is 2.33. The van der Waals surface area contributed by atoms with Gasteiger partial charge in [0.05, 0.1) is 12.2 Å². The summed E-state index contributed by atoms with van der Waals surface area (Å²) in [4.78, 5) is 0. The van der Waals surface area contributed by atoms with Crippen molar-refractivity contribution in [2.45, 2.75) is 37.9 Å². The lowest BCUT2D eigenvalue weighted by molar-refractivity contribution is 0.0388. The number of hydrogen-bond donors (Lipinski definition) is 0. The van der Waals surface area contributed by atoms with Gasteiger partial charge in [0.15, 0.2) is 0 Å². The van der Waals surface area contributed by atoms with Crippen molar-refractivity contribution in [1.29, 1.82) is 0 Å². The van der Waals surface area contributed by atoms with E-state index in [1.165, 1.54) is 12.8 Å². The fourth-order valence-electron chi connectivity index (χ4n) is 2.21. The molecule has 2 rings (SSSR count). The van der Waals surface area contributed by atoms with Crippen LogP contribution >= 0.6 is 0 Å². The van der Waals surface area contributed by atoms with Crippen LogP contribution in [0.25, 0.3) is 0 Å². The van der Waals surface area contributed by atoms with E-state index in [9.17, 15) is 0 Å². The van der Waals surface area contributed by atoms with Crippen molar-refractivity contribution in [3.05, 3.63) is 12.7 Å². The minimum absolute atomic E-state index is 0.378. The number of fused-ring (bicyclic) bond motifs is 1. The highest BCUT2D eigenvalue weighted by molar-refractivity contribution is 4.86. The molecule has 1 aliphatic heterocycles. The maximum Gasteiger partial charge on any atom is 0.147 e. The minimum atomic E-state index is 0.378. The standard InChI is InChI=1S/C10H16O2/c1-2-3-8-4-5-9-10(6-8)12-7-11-9/h2,8-10H,1,3-7H2. The first kappa shape index (κ1) is 8.27. The first-order valence-electron chi connectivity index (χ1n) is 4.74. The molecule has 0 radical (unpaired) electrons. The molecule has 1 heterocycles. The van der Waals surface area contributed by atoms with E-state index >= 15 is 0 Å². The number of rotatable bonds is 2. The van der Waals surface area contributed by atoms with E-state index in [0.29, 0.717) is 19.0 Å². The van der Waals surface area contributed by atoms with E-state index in [1.807, 2.05) is 6.08 Å². The van der Waals surface area contributed by atoms with Crippen molar-refractivity contribution >= 4 is 0 Å². The first-order valence-corrected chi connectivity index (χ1v) is 4.74. The first-order chi connectivity index (χ1) is 5.90. The zero-order valence-electron chi connectivity index (χ0n) is 7.37. The Balaban J connectivity index is 1.87. The van der Waals surface area contributed by atoms with Crippen LogP contribution < -0.4 is 0 Å². The Morgan fingerprint density at radius 3 is 2.92 bits per heavy atom. The Morgan fingerprint density at radius 2 is 2.08 bits per heavy atom. The summed E-state index contributed by atoms with van der Waals surface area (Å²) in [5.74, 6) is 0.783. The molecule has 1 saturated heterocycles. The summed E-state index contributed by atoms with van der Waals surface area (Å²) in [5, 5.41) is 0. The summed E-state index contributed by atoms with van der Waals surface area (Å²) < 4.78 is 10.9. The van der Waals surface area contributed by atoms with Gasteiger partial charge in [0, 0.05) is 0 Å². The van der Waals surface area contributed by atoms with Crippen molar-refractivity contribution in [2.75, 3.05) is 6.79 Å². The van der Waals surface area contributed by atoms with Crippen LogP contribution in [0.1, 0.15) is 25.7 Å². The molecule has 3 unspecified atom stereocenters. The summed E-state index contributed by atoms with van der Waals surface area (Å²) in [6.45, 7) is 4.28. The second kappa shape index (κ2) is 3.58. The van der Waals surface area contributed by atoms with Gasteiger partial charge in [0.2, 0.25) is 0 Å². The molecular weight excluding hydrogens is 152 g/mol. The largest absolute Gasteiger partial charge is 0.349 e. The van der Waals surface area contributed by atoms with E-state index in [0.717, 1.165) is 18.8 Å². The van der Waals surface area contributed by atoms with Crippen molar-refractivity contribution in [2.24, 2.45) is 5.92 Å². The minimum Gasteiger partial charge on any atom is -0.349 e. The quantitative estimate of drug-likeness (QED) is 0.588. The topological polar surface area (TPSA) is 18.5 Å². The molecule has 3 atom stereocenters. The van der Waals surface area contributed by atoms with Crippen LogP contribution in [-0.4, -0.2) is 19.0 Å². The van der Waals surface area contributed by atoms with Gasteiger partial charge in [-0.2, -0.15) is 0 Å². The van der Waals surface area contributed by atoms with Crippen molar-refractivity contribution in [3.63, 3.8) is 0 Å². The van der Waals surface area contributed by atoms with Gasteiger partial charge in [-0.15, -0.1) is 6.58 Å². The molecule has 12 heavy (non-hydrogen) atoms. The van der Waals surface area contributed by atoms with Gasteiger partial charge in [0.1, 0.15) is 6.79 Å². The Hall–Kier alpha value is -0.340. The molecule has 0 spiro atoms. The Morgan fingerprint density at radius 1 is 1.25 bits per heavy atom. The summed E-state index contributed by atoms with van der Waals surface area (Å²) in [5.41, 5.74) is 0. The van der Waals surface area contributed by atoms with Gasteiger partial charge in [0.25, 0.3) is 0 Å². The molecule has 0 aromatic heterocycles. The molecule has 0 N–H and O–H groups in total. The molecule has 0 aromatic rings. The average molecular weight is 168 g/mol. The predicted octanol–water partition coefficient (Wildman–Crippen LogP) is 2.10. The van der Waals surface area contributed by atoms with Crippen LogP contribution in [0, 0.1) is 5.92 Å². The van der Waals surface area contributed by atoms with Gasteiger partial charge in [-0.25, -0.2) is 0 Å². The number of allylic oxidation sites excluding steroid dienone is 1. The Bertz CT molecular complexity index is 167. The summed E-state index contributed by atoms with van der Waals surface area (Å²) in [6, 6.07) is 0. The summed E-state index contributed by atoms with van der Waals surface area (Å²) in [6.07, 6.45) is 7.53. The zero-order valence-corrected chi connectivity index (χ0v) is 7.37. The third-order valence-electron chi connectivity index (χ3n) is 2.90. The second-order valence-electron chi connectivity index (χ2n) is 3.73. The fraction of sp³-hybridized carbons (Fsp3) is 0.800. The van der Waals surface area contributed by atoms with Crippen LogP contribution in [0.4, 0.5) is 0 Å². The molecule has 2 nitrogen and oxygen atoms in total. The molecule has 2 aliphatic rings. The van der Waals surface area contributed by atoms with Crippen LogP contribution in [0.5, 0.6) is 0 Å². The zero-order chi connectivity index (χ0) is 8.39. The molecule has 2 heteroatoms. The summed E-state index contributed by atoms with van der Waals surface area (Å²) in [7, 11) is 0. The smallest absolute Gasteiger partial charge is 0.147 e. The molecule has 2 fully saturated rings. The highest BCUT2D eigenvalue weighted by atomic mass is 16.7. The van der Waals surface area contributed by atoms with E-state index in [4.69, 9.17) is 9.47 Å². The lowest BCUT2D eigenvalue weighted by atomic mass is 9.83. The van der Waals surface area contributed by atoms with Gasteiger partial charge in [-0.05, 0) is 31.6 Å². The molecule has 1 saturated carbocycles. The van der Waals surface area contributed by atoms with Crippen LogP contribution in [0.3, 0.4) is 0 Å². The van der Waals surface area contributed by atoms with Gasteiger partial charge < -0.3 is 9.47 Å². The second-order valence-corrected chi connectivity index (χ2v) is 3.73. The van der Waals surface area contributed by atoms with Crippen molar-refractivity contribution in [3.8, 4) is 0 Å². The van der Waals surface area contributed by atoms with Gasteiger partial charge in [-0.1, -0.05) is 6.08 Å². The van der Waals surface area contributed by atoms with Crippen LogP contribution in [-0.2, 0) is 9.47 Å². The maximum atomic E-state index is 5.48. The summed E-state index contributed by atoms with van der Waals surface area (Å²) >= 11 is 0. The van der Waals surface area contributed by atoms with Gasteiger partial charge >= 0.3 is 0 Å². The van der Waals surface area contributed by atoms with E-state index in [-0.39, 0.29) is 0 Å². The lowest BCUT2D eigenvalue weighted by Crippen LogP contribution is -2.30.